The maximum absolute atomic E-state index is 8.81. The Kier molecular flexibility index (Phi) is 5.38. The van der Waals surface area contributed by atoms with E-state index in [0.717, 1.165) is 35.3 Å². The Bertz CT molecular complexity index is 858. The van der Waals surface area contributed by atoms with E-state index in [4.69, 9.17) is 5.41 Å². The van der Waals surface area contributed by atoms with Crippen LogP contribution in [0.15, 0.2) is 66.3 Å². The summed E-state index contributed by atoms with van der Waals surface area (Å²) in [5, 5.41) is 8.81. The molecule has 0 aliphatic heterocycles. The van der Waals surface area contributed by atoms with Crippen molar-refractivity contribution in [3.05, 3.63) is 82.9 Å². The van der Waals surface area contributed by atoms with Crippen molar-refractivity contribution >= 4 is 17.0 Å². The monoisotopic (exact) mass is 345 g/mol. The van der Waals surface area contributed by atoms with Gasteiger partial charge in [-0.25, -0.2) is 0 Å². The van der Waals surface area contributed by atoms with Crippen molar-refractivity contribution in [2.24, 2.45) is 0 Å². The van der Waals surface area contributed by atoms with Gasteiger partial charge in [-0.15, -0.1) is 0 Å². The second-order valence-electron chi connectivity index (χ2n) is 7.26. The lowest BCUT2D eigenvalue weighted by molar-refractivity contribution is 0.449. The summed E-state index contributed by atoms with van der Waals surface area (Å²) in [5.41, 5.74) is 7.44. The minimum Gasteiger partial charge on any atom is -0.378 e. The third-order valence-electron chi connectivity index (χ3n) is 4.64. The van der Waals surface area contributed by atoms with Gasteiger partial charge in [-0.3, -0.25) is 5.41 Å². The van der Waals surface area contributed by atoms with Crippen LogP contribution in [0.1, 0.15) is 23.1 Å². The summed E-state index contributed by atoms with van der Waals surface area (Å²) in [5.74, 6) is 0. The number of hydrogen-bond donors (Lipinski definition) is 1. The molecule has 2 aromatic carbocycles. The van der Waals surface area contributed by atoms with Gasteiger partial charge < -0.3 is 9.80 Å². The van der Waals surface area contributed by atoms with E-state index in [0.29, 0.717) is 5.71 Å². The number of benzene rings is 2. The standard InChI is InChI=1S/C23H27N3/c1-25(2)16-17-10-11-19(14-17)21-13-12-20(26(3)4)15-22(21)23(24)18-8-6-5-7-9-18/h5-10,12-15,24H,11,16H2,1-4H3. The zero-order valence-corrected chi connectivity index (χ0v) is 16.1. The first-order valence-electron chi connectivity index (χ1n) is 8.96. The first kappa shape index (κ1) is 18.2. The van der Waals surface area contributed by atoms with Gasteiger partial charge in [-0.1, -0.05) is 48.6 Å². The largest absolute Gasteiger partial charge is 0.378 e. The molecule has 0 spiro atoms. The van der Waals surface area contributed by atoms with E-state index in [1.165, 1.54) is 11.1 Å². The summed E-state index contributed by atoms with van der Waals surface area (Å²) in [6.45, 7) is 0.949. The third-order valence-corrected chi connectivity index (χ3v) is 4.64. The highest BCUT2D eigenvalue weighted by molar-refractivity contribution is 6.14. The number of allylic oxidation sites excluding steroid dienone is 2. The molecule has 1 aliphatic carbocycles. The Morgan fingerprint density at radius 2 is 1.73 bits per heavy atom. The van der Waals surface area contributed by atoms with Gasteiger partial charge in [-0.2, -0.15) is 0 Å². The molecule has 0 radical (unpaired) electrons. The number of nitrogens with zero attached hydrogens (tertiary/aromatic N) is 2. The van der Waals surface area contributed by atoms with E-state index in [1.54, 1.807) is 0 Å². The number of likely N-dealkylation sites (N-methyl/N-ethyl adjacent to an activating group) is 1. The topological polar surface area (TPSA) is 30.3 Å². The van der Waals surface area contributed by atoms with E-state index >= 15 is 0 Å². The number of rotatable bonds is 6. The fraction of sp³-hybridized carbons (Fsp3) is 0.261. The van der Waals surface area contributed by atoms with E-state index in [9.17, 15) is 0 Å². The van der Waals surface area contributed by atoms with Crippen LogP contribution in [-0.2, 0) is 0 Å². The fourth-order valence-electron chi connectivity index (χ4n) is 3.30. The Balaban J connectivity index is 2.02. The summed E-state index contributed by atoms with van der Waals surface area (Å²) in [4.78, 5) is 4.28. The average molecular weight is 345 g/mol. The molecule has 0 amide bonds. The highest BCUT2D eigenvalue weighted by Gasteiger charge is 2.17. The van der Waals surface area contributed by atoms with Crippen molar-refractivity contribution in [2.75, 3.05) is 39.6 Å². The summed E-state index contributed by atoms with van der Waals surface area (Å²) in [6, 6.07) is 16.4. The van der Waals surface area contributed by atoms with Gasteiger partial charge in [0.05, 0.1) is 5.71 Å². The zero-order chi connectivity index (χ0) is 18.7. The lowest BCUT2D eigenvalue weighted by Gasteiger charge is -2.18. The second kappa shape index (κ2) is 7.71. The zero-order valence-electron chi connectivity index (χ0n) is 16.1. The van der Waals surface area contributed by atoms with Crippen molar-refractivity contribution in [1.82, 2.24) is 4.90 Å². The first-order valence-corrected chi connectivity index (χ1v) is 8.96. The number of anilines is 1. The predicted octanol–water partition coefficient (Wildman–Crippen LogP) is 4.44. The van der Waals surface area contributed by atoms with Gasteiger partial charge in [0, 0.05) is 37.5 Å². The van der Waals surface area contributed by atoms with Crippen LogP contribution in [0.2, 0.25) is 0 Å². The van der Waals surface area contributed by atoms with E-state index in [1.807, 2.05) is 44.4 Å². The molecule has 0 bridgehead atoms. The Morgan fingerprint density at radius 1 is 1.00 bits per heavy atom. The third kappa shape index (κ3) is 3.94. The van der Waals surface area contributed by atoms with Gasteiger partial charge in [-0.05, 0) is 49.4 Å². The van der Waals surface area contributed by atoms with Crippen LogP contribution >= 0.6 is 0 Å². The quantitative estimate of drug-likeness (QED) is 0.784. The van der Waals surface area contributed by atoms with E-state index in [2.05, 4.69) is 54.2 Å². The lowest BCUT2D eigenvalue weighted by Crippen LogP contribution is -2.13. The van der Waals surface area contributed by atoms with Gasteiger partial charge in [0.25, 0.3) is 0 Å². The molecule has 0 unspecified atom stereocenters. The molecule has 0 heterocycles. The normalized spacial score (nSPS) is 13.6. The Labute approximate surface area is 156 Å². The molecule has 1 aliphatic rings. The molecule has 0 aromatic heterocycles. The number of hydrogen-bond acceptors (Lipinski definition) is 3. The number of nitrogens with one attached hydrogen (secondary N) is 1. The molecule has 0 saturated heterocycles. The molecule has 0 fully saturated rings. The van der Waals surface area contributed by atoms with E-state index < -0.39 is 0 Å². The molecule has 26 heavy (non-hydrogen) atoms. The summed E-state index contributed by atoms with van der Waals surface area (Å²) >= 11 is 0. The molecule has 0 atom stereocenters. The molecule has 1 N–H and O–H groups in total. The van der Waals surface area contributed by atoms with Crippen molar-refractivity contribution in [1.29, 1.82) is 5.41 Å². The Morgan fingerprint density at radius 3 is 2.38 bits per heavy atom. The molecule has 2 aromatic rings. The highest BCUT2D eigenvalue weighted by Crippen LogP contribution is 2.32. The lowest BCUT2D eigenvalue weighted by atomic mass is 9.92. The summed E-state index contributed by atoms with van der Waals surface area (Å²) in [6.07, 6.45) is 5.51. The molecular weight excluding hydrogens is 318 g/mol. The fourth-order valence-corrected chi connectivity index (χ4v) is 3.30. The van der Waals surface area contributed by atoms with Crippen LogP contribution in [0.4, 0.5) is 5.69 Å². The Hall–Kier alpha value is -2.65. The van der Waals surface area contributed by atoms with Crippen molar-refractivity contribution in [2.45, 2.75) is 6.42 Å². The van der Waals surface area contributed by atoms with Crippen LogP contribution < -0.4 is 4.90 Å². The summed E-state index contributed by atoms with van der Waals surface area (Å²) in [7, 11) is 8.26. The van der Waals surface area contributed by atoms with Crippen LogP contribution in [0.5, 0.6) is 0 Å². The molecule has 3 nitrogen and oxygen atoms in total. The van der Waals surface area contributed by atoms with E-state index in [-0.39, 0.29) is 0 Å². The molecule has 3 heteroatoms. The van der Waals surface area contributed by atoms with Gasteiger partial charge >= 0.3 is 0 Å². The van der Waals surface area contributed by atoms with Crippen LogP contribution in [-0.4, -0.2) is 45.3 Å². The highest BCUT2D eigenvalue weighted by atomic mass is 15.1. The maximum Gasteiger partial charge on any atom is 0.0691 e. The summed E-state index contributed by atoms with van der Waals surface area (Å²) < 4.78 is 0. The minimum absolute atomic E-state index is 0.575. The maximum atomic E-state index is 8.81. The van der Waals surface area contributed by atoms with Gasteiger partial charge in [0.2, 0.25) is 0 Å². The molecule has 134 valence electrons. The molecular formula is C23H27N3. The SMILES string of the molecule is CN(C)CC1=CCC(c2ccc(N(C)C)cc2C(=N)c2ccccc2)=C1. The molecule has 3 rings (SSSR count). The van der Waals surface area contributed by atoms with Gasteiger partial charge in [0.15, 0.2) is 0 Å². The predicted molar refractivity (Wildman–Crippen MR) is 112 cm³/mol. The minimum atomic E-state index is 0.575. The van der Waals surface area contributed by atoms with Crippen LogP contribution in [0.3, 0.4) is 0 Å². The second-order valence-corrected chi connectivity index (χ2v) is 7.26. The van der Waals surface area contributed by atoms with Crippen LogP contribution in [0.25, 0.3) is 5.57 Å². The average Bonchev–Trinajstić information content (AvgIpc) is 3.08. The van der Waals surface area contributed by atoms with Crippen molar-refractivity contribution in [3.63, 3.8) is 0 Å². The van der Waals surface area contributed by atoms with Crippen LogP contribution in [0, 0.1) is 5.41 Å². The van der Waals surface area contributed by atoms with Crippen molar-refractivity contribution in [3.8, 4) is 0 Å². The first-order chi connectivity index (χ1) is 12.5. The molecule has 0 saturated carbocycles. The van der Waals surface area contributed by atoms with Crippen molar-refractivity contribution < 1.29 is 0 Å². The van der Waals surface area contributed by atoms with Gasteiger partial charge in [0.1, 0.15) is 0 Å². The smallest absolute Gasteiger partial charge is 0.0691 e.